The fourth-order valence-corrected chi connectivity index (χ4v) is 2.99. The molecule has 2 amide bonds. The van der Waals surface area contributed by atoms with Crippen molar-refractivity contribution in [2.75, 3.05) is 5.32 Å². The van der Waals surface area contributed by atoms with Gasteiger partial charge in [-0.1, -0.05) is 30.0 Å². The SMILES string of the molecule is Cc1ccc(NC(=O)CC2SC(=S)NC2=O)cc1C. The largest absolute Gasteiger partial charge is 0.326 e. The number of carbonyl (C=O) groups is 2. The van der Waals surface area contributed by atoms with Crippen LogP contribution in [0.15, 0.2) is 18.2 Å². The second-order valence-corrected chi connectivity index (χ2v) is 6.31. The lowest BCUT2D eigenvalue weighted by molar-refractivity contribution is -0.122. The van der Waals surface area contributed by atoms with Crippen molar-refractivity contribution in [1.29, 1.82) is 0 Å². The van der Waals surface area contributed by atoms with Gasteiger partial charge in [-0.25, -0.2) is 0 Å². The van der Waals surface area contributed by atoms with Crippen LogP contribution in [0.5, 0.6) is 0 Å². The van der Waals surface area contributed by atoms with Crippen molar-refractivity contribution in [1.82, 2.24) is 5.32 Å². The highest BCUT2D eigenvalue weighted by Crippen LogP contribution is 2.23. The van der Waals surface area contributed by atoms with E-state index in [1.54, 1.807) is 0 Å². The molecule has 0 spiro atoms. The van der Waals surface area contributed by atoms with E-state index in [4.69, 9.17) is 12.2 Å². The van der Waals surface area contributed by atoms with Gasteiger partial charge in [0.25, 0.3) is 0 Å². The average Bonchev–Trinajstić information content (AvgIpc) is 2.62. The lowest BCUT2D eigenvalue weighted by Crippen LogP contribution is -2.27. The van der Waals surface area contributed by atoms with E-state index in [1.165, 1.54) is 17.3 Å². The summed E-state index contributed by atoms with van der Waals surface area (Å²) in [7, 11) is 0. The van der Waals surface area contributed by atoms with Crippen molar-refractivity contribution in [2.24, 2.45) is 0 Å². The van der Waals surface area contributed by atoms with Gasteiger partial charge in [-0.3, -0.25) is 9.59 Å². The molecule has 1 atom stereocenters. The molecule has 0 aliphatic carbocycles. The number of thiocarbonyl (C=S) groups is 1. The highest BCUT2D eigenvalue weighted by molar-refractivity contribution is 8.24. The monoisotopic (exact) mass is 294 g/mol. The molecule has 1 aromatic rings. The first-order chi connectivity index (χ1) is 8.95. The summed E-state index contributed by atoms with van der Waals surface area (Å²) in [4.78, 5) is 23.3. The van der Waals surface area contributed by atoms with E-state index in [9.17, 15) is 9.59 Å². The van der Waals surface area contributed by atoms with Gasteiger partial charge in [0.05, 0.1) is 5.25 Å². The van der Waals surface area contributed by atoms with Gasteiger partial charge in [0.15, 0.2) is 0 Å². The van der Waals surface area contributed by atoms with E-state index in [2.05, 4.69) is 10.6 Å². The van der Waals surface area contributed by atoms with E-state index >= 15 is 0 Å². The second-order valence-electron chi connectivity index (χ2n) is 4.43. The van der Waals surface area contributed by atoms with Crippen LogP contribution in [0.25, 0.3) is 0 Å². The van der Waals surface area contributed by atoms with Crippen molar-refractivity contribution >= 4 is 45.8 Å². The Balaban J connectivity index is 1.96. The third-order valence-electron chi connectivity index (χ3n) is 2.93. The quantitative estimate of drug-likeness (QED) is 0.839. The van der Waals surface area contributed by atoms with Crippen molar-refractivity contribution < 1.29 is 9.59 Å². The minimum atomic E-state index is -0.418. The summed E-state index contributed by atoms with van der Waals surface area (Å²) in [5.41, 5.74) is 3.04. The number of benzene rings is 1. The first-order valence-electron chi connectivity index (χ1n) is 5.84. The van der Waals surface area contributed by atoms with Crippen LogP contribution >= 0.6 is 24.0 Å². The number of thioether (sulfide) groups is 1. The molecule has 2 rings (SSSR count). The van der Waals surface area contributed by atoms with Crippen molar-refractivity contribution in [3.63, 3.8) is 0 Å². The van der Waals surface area contributed by atoms with Crippen molar-refractivity contribution in [3.8, 4) is 0 Å². The Hall–Kier alpha value is -1.40. The Kier molecular flexibility index (Phi) is 4.21. The van der Waals surface area contributed by atoms with Crippen LogP contribution in [0.3, 0.4) is 0 Å². The highest BCUT2D eigenvalue weighted by atomic mass is 32.2. The first-order valence-corrected chi connectivity index (χ1v) is 7.13. The molecule has 19 heavy (non-hydrogen) atoms. The van der Waals surface area contributed by atoms with Gasteiger partial charge < -0.3 is 10.6 Å². The summed E-state index contributed by atoms with van der Waals surface area (Å²) < 4.78 is 0.439. The minimum absolute atomic E-state index is 0.129. The van der Waals surface area contributed by atoms with E-state index in [0.29, 0.717) is 4.32 Å². The Morgan fingerprint density at radius 3 is 2.74 bits per heavy atom. The molecule has 1 fully saturated rings. The maximum atomic E-state index is 11.9. The minimum Gasteiger partial charge on any atom is -0.326 e. The number of carbonyl (C=O) groups excluding carboxylic acids is 2. The molecule has 1 heterocycles. The summed E-state index contributed by atoms with van der Waals surface area (Å²) in [6, 6.07) is 5.73. The van der Waals surface area contributed by atoms with Crippen LogP contribution in [0.4, 0.5) is 5.69 Å². The number of hydrogen-bond donors (Lipinski definition) is 2. The maximum absolute atomic E-state index is 11.9. The molecule has 0 aromatic heterocycles. The van der Waals surface area contributed by atoms with Crippen LogP contribution in [0.2, 0.25) is 0 Å². The van der Waals surface area contributed by atoms with Crippen molar-refractivity contribution in [3.05, 3.63) is 29.3 Å². The van der Waals surface area contributed by atoms with E-state index < -0.39 is 5.25 Å². The predicted octanol–water partition coefficient (Wildman–Crippen LogP) is 2.15. The zero-order chi connectivity index (χ0) is 14.0. The molecule has 0 radical (unpaired) electrons. The molecular weight excluding hydrogens is 280 g/mol. The second kappa shape index (κ2) is 5.71. The fraction of sp³-hybridized carbons (Fsp3) is 0.308. The lowest BCUT2D eigenvalue weighted by Gasteiger charge is -2.09. The van der Waals surface area contributed by atoms with Crippen LogP contribution < -0.4 is 10.6 Å². The summed E-state index contributed by atoms with van der Waals surface area (Å²) in [6.45, 7) is 4.01. The zero-order valence-corrected chi connectivity index (χ0v) is 12.3. The Morgan fingerprint density at radius 2 is 2.16 bits per heavy atom. The van der Waals surface area contributed by atoms with E-state index in [1.807, 2.05) is 32.0 Å². The van der Waals surface area contributed by atoms with Crippen LogP contribution in [0, 0.1) is 13.8 Å². The number of nitrogens with one attached hydrogen (secondary N) is 2. The third kappa shape index (κ3) is 3.54. The topological polar surface area (TPSA) is 58.2 Å². The van der Waals surface area contributed by atoms with Crippen LogP contribution in [-0.2, 0) is 9.59 Å². The molecule has 0 bridgehead atoms. The number of aryl methyl sites for hydroxylation is 2. The Morgan fingerprint density at radius 1 is 1.42 bits per heavy atom. The molecule has 1 saturated heterocycles. The Bertz CT molecular complexity index is 558. The smallest absolute Gasteiger partial charge is 0.239 e. The van der Waals surface area contributed by atoms with Gasteiger partial charge in [-0.2, -0.15) is 0 Å². The standard InChI is InChI=1S/C13H14N2O2S2/c1-7-3-4-9(5-8(7)2)14-11(16)6-10-12(17)15-13(18)19-10/h3-5,10H,6H2,1-2H3,(H,14,16)(H,15,17,18). The number of rotatable bonds is 3. The van der Waals surface area contributed by atoms with Crippen LogP contribution in [-0.4, -0.2) is 21.4 Å². The summed E-state index contributed by atoms with van der Waals surface area (Å²) in [5, 5.41) is 4.91. The molecule has 6 heteroatoms. The summed E-state index contributed by atoms with van der Waals surface area (Å²) in [6.07, 6.45) is 0.129. The first kappa shape index (κ1) is 14.0. The highest BCUT2D eigenvalue weighted by Gasteiger charge is 2.30. The number of amides is 2. The molecule has 0 saturated carbocycles. The fourth-order valence-electron chi connectivity index (χ4n) is 1.73. The lowest BCUT2D eigenvalue weighted by atomic mass is 10.1. The Labute approximate surface area is 121 Å². The zero-order valence-electron chi connectivity index (χ0n) is 10.6. The molecule has 1 aliphatic rings. The van der Waals surface area contributed by atoms with E-state index in [0.717, 1.165) is 11.3 Å². The molecule has 1 aromatic carbocycles. The third-order valence-corrected chi connectivity index (χ3v) is 4.30. The average molecular weight is 294 g/mol. The normalized spacial score (nSPS) is 18.3. The molecule has 4 nitrogen and oxygen atoms in total. The van der Waals surface area contributed by atoms with Gasteiger partial charge in [0.2, 0.25) is 11.8 Å². The molecule has 1 aliphatic heterocycles. The maximum Gasteiger partial charge on any atom is 0.239 e. The number of hydrogen-bond acceptors (Lipinski definition) is 4. The predicted molar refractivity (Wildman–Crippen MR) is 81.3 cm³/mol. The van der Waals surface area contributed by atoms with Gasteiger partial charge in [-0.15, -0.1) is 0 Å². The summed E-state index contributed by atoms with van der Waals surface area (Å²) in [5.74, 6) is -0.370. The molecular formula is C13H14N2O2S2. The van der Waals surface area contributed by atoms with Crippen molar-refractivity contribution in [2.45, 2.75) is 25.5 Å². The van der Waals surface area contributed by atoms with Gasteiger partial charge >= 0.3 is 0 Å². The number of anilines is 1. The van der Waals surface area contributed by atoms with Crippen LogP contribution in [0.1, 0.15) is 17.5 Å². The van der Waals surface area contributed by atoms with E-state index in [-0.39, 0.29) is 18.2 Å². The van der Waals surface area contributed by atoms with Gasteiger partial charge in [0.1, 0.15) is 4.32 Å². The molecule has 100 valence electrons. The van der Waals surface area contributed by atoms with Gasteiger partial charge in [-0.05, 0) is 37.1 Å². The molecule has 2 N–H and O–H groups in total. The van der Waals surface area contributed by atoms with Gasteiger partial charge in [0, 0.05) is 12.1 Å². The molecule has 1 unspecified atom stereocenters. The summed E-state index contributed by atoms with van der Waals surface area (Å²) >= 11 is 6.11.